The van der Waals surface area contributed by atoms with Gasteiger partial charge in [-0.15, -0.1) is 0 Å². The second kappa shape index (κ2) is 7.62. The van der Waals surface area contributed by atoms with Crippen molar-refractivity contribution < 1.29 is 17.9 Å². The summed E-state index contributed by atoms with van der Waals surface area (Å²) in [5.74, 6) is 0.612. The van der Waals surface area contributed by atoms with Crippen LogP contribution in [0.2, 0.25) is 0 Å². The van der Waals surface area contributed by atoms with Gasteiger partial charge in [-0.1, -0.05) is 13.5 Å². The largest absolute Gasteiger partial charge is 0.467 e. The zero-order valence-corrected chi connectivity index (χ0v) is 14.0. The van der Waals surface area contributed by atoms with Gasteiger partial charge in [0.15, 0.2) is 6.79 Å². The van der Waals surface area contributed by atoms with Gasteiger partial charge in [-0.3, -0.25) is 0 Å². The van der Waals surface area contributed by atoms with Crippen LogP contribution in [0.4, 0.5) is 0 Å². The number of hydrogen-bond acceptors (Lipinski definition) is 4. The number of methoxy groups -OCH3 is 1. The van der Waals surface area contributed by atoms with E-state index in [0.29, 0.717) is 10.6 Å². The van der Waals surface area contributed by atoms with E-state index in [2.05, 4.69) is 0 Å². The van der Waals surface area contributed by atoms with Crippen molar-refractivity contribution in [2.45, 2.75) is 38.0 Å². The summed E-state index contributed by atoms with van der Waals surface area (Å²) in [6.07, 6.45) is 0. The van der Waals surface area contributed by atoms with Gasteiger partial charge in [0.05, 0.1) is 9.79 Å². The fraction of sp³-hybridized carbons (Fsp3) is 0.333. The molecule has 4 nitrogen and oxygen atoms in total. The van der Waals surface area contributed by atoms with Gasteiger partial charge in [0, 0.05) is 7.11 Å². The molecule has 5 heteroatoms. The number of ether oxygens (including phenoxy) is 2. The minimum atomic E-state index is -3.52. The SMILES string of the molecule is C.COCOc1ccc(S(=O)(=O)c2ccc(C)c(C)c2)cc1C. The molecule has 0 radical (unpaired) electrons. The molecular weight excluding hydrogens is 312 g/mol. The maximum absolute atomic E-state index is 12.7. The Kier molecular flexibility index (Phi) is 6.36. The number of sulfone groups is 1. The van der Waals surface area contributed by atoms with Crippen LogP contribution in [0.5, 0.6) is 5.75 Å². The summed E-state index contributed by atoms with van der Waals surface area (Å²) in [6, 6.07) is 10.0. The quantitative estimate of drug-likeness (QED) is 0.773. The van der Waals surface area contributed by atoms with Gasteiger partial charge >= 0.3 is 0 Å². The lowest BCUT2D eigenvalue weighted by molar-refractivity contribution is 0.0506. The third-order valence-corrected chi connectivity index (χ3v) is 5.33. The van der Waals surface area contributed by atoms with Crippen LogP contribution >= 0.6 is 0 Å². The summed E-state index contributed by atoms with van der Waals surface area (Å²) in [5, 5.41) is 0. The molecule has 0 aliphatic carbocycles. The van der Waals surface area contributed by atoms with Gasteiger partial charge in [-0.05, 0) is 67.8 Å². The lowest BCUT2D eigenvalue weighted by Crippen LogP contribution is -2.05. The van der Waals surface area contributed by atoms with Crippen molar-refractivity contribution in [3.63, 3.8) is 0 Å². The highest BCUT2D eigenvalue weighted by Gasteiger charge is 2.19. The number of rotatable bonds is 5. The molecule has 0 heterocycles. The maximum atomic E-state index is 12.7. The first kappa shape index (κ1) is 19.2. The molecule has 0 aliphatic heterocycles. The molecule has 2 aromatic carbocycles. The second-order valence-electron chi connectivity index (χ2n) is 5.23. The van der Waals surface area contributed by atoms with Crippen molar-refractivity contribution in [1.82, 2.24) is 0 Å². The predicted octanol–water partition coefficient (Wildman–Crippen LogP) is 4.06. The van der Waals surface area contributed by atoms with Gasteiger partial charge in [0.2, 0.25) is 9.84 Å². The van der Waals surface area contributed by atoms with E-state index in [0.717, 1.165) is 16.7 Å². The highest BCUT2D eigenvalue weighted by atomic mass is 32.2. The molecule has 0 aliphatic rings. The summed E-state index contributed by atoms with van der Waals surface area (Å²) >= 11 is 0. The molecule has 0 bridgehead atoms. The molecule has 126 valence electrons. The average molecular weight is 336 g/mol. The molecule has 2 aromatic rings. The fourth-order valence-electron chi connectivity index (χ4n) is 2.09. The fourth-order valence-corrected chi connectivity index (χ4v) is 3.52. The van der Waals surface area contributed by atoms with Gasteiger partial charge in [0.1, 0.15) is 5.75 Å². The van der Waals surface area contributed by atoms with Crippen LogP contribution < -0.4 is 4.74 Å². The van der Waals surface area contributed by atoms with Gasteiger partial charge in [0.25, 0.3) is 0 Å². The van der Waals surface area contributed by atoms with E-state index in [1.165, 1.54) is 7.11 Å². The minimum absolute atomic E-state index is 0. The smallest absolute Gasteiger partial charge is 0.206 e. The Labute approximate surface area is 139 Å². The predicted molar refractivity (Wildman–Crippen MR) is 91.8 cm³/mol. The Bertz CT molecular complexity index is 780. The van der Waals surface area contributed by atoms with E-state index < -0.39 is 9.84 Å². The Morgan fingerprint density at radius 2 is 1.43 bits per heavy atom. The van der Waals surface area contributed by atoms with Crippen LogP contribution in [0.25, 0.3) is 0 Å². The first-order chi connectivity index (χ1) is 10.4. The number of benzene rings is 2. The van der Waals surface area contributed by atoms with E-state index in [4.69, 9.17) is 9.47 Å². The molecule has 0 saturated heterocycles. The molecule has 0 unspecified atom stereocenters. The monoisotopic (exact) mass is 336 g/mol. The highest BCUT2D eigenvalue weighted by molar-refractivity contribution is 7.91. The summed E-state index contributed by atoms with van der Waals surface area (Å²) < 4.78 is 35.6. The highest BCUT2D eigenvalue weighted by Crippen LogP contribution is 2.27. The standard InChI is InChI=1S/C17H20O4S.CH4/c1-12-5-6-15(9-13(12)2)22(18,19)16-7-8-17(14(3)10-16)21-11-20-4;/h5-10H,11H2,1-4H3;1H4. The van der Waals surface area contributed by atoms with E-state index in [-0.39, 0.29) is 19.1 Å². The van der Waals surface area contributed by atoms with Crippen molar-refractivity contribution in [2.24, 2.45) is 0 Å². The van der Waals surface area contributed by atoms with E-state index >= 15 is 0 Å². The van der Waals surface area contributed by atoms with E-state index in [1.54, 1.807) is 30.3 Å². The number of hydrogen-bond donors (Lipinski definition) is 0. The van der Waals surface area contributed by atoms with Crippen molar-refractivity contribution >= 4 is 9.84 Å². The lowest BCUT2D eigenvalue weighted by Gasteiger charge is -2.11. The molecular formula is C18H24O4S. The van der Waals surface area contributed by atoms with Gasteiger partial charge in [-0.25, -0.2) is 8.42 Å². The first-order valence-corrected chi connectivity index (χ1v) is 8.39. The zero-order chi connectivity index (χ0) is 16.3. The number of aryl methyl sites for hydroxylation is 3. The average Bonchev–Trinajstić information content (AvgIpc) is 2.48. The van der Waals surface area contributed by atoms with Crippen LogP contribution in [0, 0.1) is 20.8 Å². The summed E-state index contributed by atoms with van der Waals surface area (Å²) in [4.78, 5) is 0.568. The Hall–Kier alpha value is -1.85. The van der Waals surface area contributed by atoms with Crippen LogP contribution in [-0.4, -0.2) is 22.3 Å². The molecule has 0 N–H and O–H groups in total. The topological polar surface area (TPSA) is 52.6 Å². The Morgan fingerprint density at radius 1 is 0.870 bits per heavy atom. The molecule has 0 fully saturated rings. The van der Waals surface area contributed by atoms with Crippen LogP contribution in [-0.2, 0) is 14.6 Å². The van der Waals surface area contributed by atoms with Crippen LogP contribution in [0.15, 0.2) is 46.2 Å². The summed E-state index contributed by atoms with van der Waals surface area (Å²) in [7, 11) is -1.99. The third-order valence-electron chi connectivity index (χ3n) is 3.58. The second-order valence-corrected chi connectivity index (χ2v) is 7.18. The van der Waals surface area contributed by atoms with Gasteiger partial charge in [-0.2, -0.15) is 0 Å². The molecule has 0 aromatic heterocycles. The summed E-state index contributed by atoms with van der Waals surface area (Å²) in [5.41, 5.74) is 2.78. The molecule has 0 saturated carbocycles. The van der Waals surface area contributed by atoms with Crippen molar-refractivity contribution in [3.8, 4) is 5.75 Å². The van der Waals surface area contributed by atoms with Crippen molar-refractivity contribution in [2.75, 3.05) is 13.9 Å². The van der Waals surface area contributed by atoms with Crippen LogP contribution in [0.3, 0.4) is 0 Å². The minimum Gasteiger partial charge on any atom is -0.467 e. The molecule has 23 heavy (non-hydrogen) atoms. The van der Waals surface area contributed by atoms with Gasteiger partial charge < -0.3 is 9.47 Å². The lowest BCUT2D eigenvalue weighted by atomic mass is 10.1. The summed E-state index contributed by atoms with van der Waals surface area (Å²) in [6.45, 7) is 5.80. The molecule has 2 rings (SSSR count). The normalized spacial score (nSPS) is 11.0. The van der Waals surface area contributed by atoms with Crippen LogP contribution in [0.1, 0.15) is 24.1 Å². The molecule has 0 amide bonds. The Balaban J connectivity index is 0.00000264. The zero-order valence-electron chi connectivity index (χ0n) is 13.2. The molecule has 0 atom stereocenters. The maximum Gasteiger partial charge on any atom is 0.206 e. The first-order valence-electron chi connectivity index (χ1n) is 6.91. The van der Waals surface area contributed by atoms with Crippen molar-refractivity contribution in [1.29, 1.82) is 0 Å². The third kappa shape index (κ3) is 4.12. The van der Waals surface area contributed by atoms with E-state index in [1.807, 2.05) is 26.8 Å². The molecule has 0 spiro atoms. The Morgan fingerprint density at radius 3 is 1.96 bits per heavy atom. The van der Waals surface area contributed by atoms with E-state index in [9.17, 15) is 8.42 Å². The van der Waals surface area contributed by atoms with Crippen molar-refractivity contribution in [3.05, 3.63) is 53.1 Å².